The summed E-state index contributed by atoms with van der Waals surface area (Å²) in [6.45, 7) is 0. The van der Waals surface area contributed by atoms with Crippen LogP contribution < -0.4 is 0 Å². The number of rotatable bonds is 3. The molecule has 0 aliphatic heterocycles. The highest BCUT2D eigenvalue weighted by atomic mass is 32.2. The van der Waals surface area contributed by atoms with Gasteiger partial charge in [-0.3, -0.25) is 4.21 Å². The first-order valence-corrected chi connectivity index (χ1v) is 8.99. The van der Waals surface area contributed by atoms with Crippen molar-refractivity contribution >= 4 is 38.9 Å². The van der Waals surface area contributed by atoms with Crippen LogP contribution in [-0.4, -0.2) is 36.8 Å². The van der Waals surface area contributed by atoms with Crippen molar-refractivity contribution in [1.82, 2.24) is 15.0 Å². The van der Waals surface area contributed by atoms with Gasteiger partial charge in [-0.15, -0.1) is 0 Å². The molecular weight excluding hydrogens is 366 g/mol. The van der Waals surface area contributed by atoms with Crippen LogP contribution in [-0.2, 0) is 15.8 Å². The molecule has 0 fully saturated rings. The number of carbonyl (C=O) groups excluding carboxylic acids is 1. The molecule has 4 aromatic rings. The van der Waals surface area contributed by atoms with E-state index in [2.05, 4.69) is 15.0 Å². The topological polar surface area (TPSA) is 105 Å². The van der Waals surface area contributed by atoms with Crippen LogP contribution in [0.3, 0.4) is 0 Å². The lowest BCUT2D eigenvalue weighted by Gasteiger charge is -2.11. The summed E-state index contributed by atoms with van der Waals surface area (Å²) in [6.07, 6.45) is 1.46. The van der Waals surface area contributed by atoms with E-state index >= 15 is 0 Å². The summed E-state index contributed by atoms with van der Waals surface area (Å²) in [7, 11) is 1.31. The molecule has 2 aromatic carbocycles. The normalized spacial score (nSPS) is 12.2. The number of ether oxygens (including phenoxy) is 1. The molecule has 0 amide bonds. The second kappa shape index (κ2) is 6.82. The maximum absolute atomic E-state index is 11.9. The maximum Gasteiger partial charge on any atom is 0.337 e. The molecule has 0 radical (unpaired) electrons. The fraction of sp³-hybridized carbons (Fsp3) is 0.0526. The molecule has 8 heteroatoms. The highest BCUT2D eigenvalue weighted by Crippen LogP contribution is 2.31. The average molecular weight is 378 g/mol. The number of hydrogen-bond donors (Lipinski definition) is 0. The fourth-order valence-corrected chi connectivity index (χ4v) is 3.20. The van der Waals surface area contributed by atoms with Crippen LogP contribution in [0.4, 0.5) is 0 Å². The summed E-state index contributed by atoms with van der Waals surface area (Å²) in [5, 5.41) is 1.05. The van der Waals surface area contributed by atoms with E-state index in [0.717, 1.165) is 5.56 Å². The van der Waals surface area contributed by atoms with Crippen molar-refractivity contribution in [3.63, 3.8) is 0 Å². The van der Waals surface area contributed by atoms with Gasteiger partial charge in [-0.25, -0.2) is 19.7 Å². The molecule has 2 heterocycles. The molecular formula is C19H12N3O4S-. The van der Waals surface area contributed by atoms with Crippen LogP contribution in [0.2, 0.25) is 0 Å². The molecule has 7 nitrogen and oxygen atoms in total. The van der Waals surface area contributed by atoms with Crippen LogP contribution in [0.5, 0.6) is 0 Å². The van der Waals surface area contributed by atoms with Gasteiger partial charge in [0.2, 0.25) is 5.16 Å². The third-order valence-corrected chi connectivity index (χ3v) is 4.62. The summed E-state index contributed by atoms with van der Waals surface area (Å²) < 4.78 is 27.4. The molecule has 4 rings (SSSR count). The Kier molecular flexibility index (Phi) is 4.35. The van der Waals surface area contributed by atoms with Crippen LogP contribution in [0.15, 0.2) is 59.9 Å². The van der Waals surface area contributed by atoms with Gasteiger partial charge in [0, 0.05) is 33.6 Å². The molecule has 0 saturated heterocycles. The average Bonchev–Trinajstić information content (AvgIpc) is 2.72. The number of aromatic nitrogens is 3. The Hall–Kier alpha value is -3.23. The number of hydrogen-bond acceptors (Lipinski definition) is 7. The Morgan fingerprint density at radius 3 is 2.56 bits per heavy atom. The number of esters is 1. The third kappa shape index (κ3) is 3.05. The zero-order valence-corrected chi connectivity index (χ0v) is 14.9. The maximum atomic E-state index is 11.9. The SMILES string of the molecule is COC(=O)c1ccc2c(c1)nc(-c1ccccc1)c1nc(S(=O)[O-])ncc12. The lowest BCUT2D eigenvalue weighted by atomic mass is 10.0. The van der Waals surface area contributed by atoms with Gasteiger partial charge in [0.05, 0.1) is 23.9 Å². The number of pyridine rings is 1. The summed E-state index contributed by atoms with van der Waals surface area (Å²) in [4.78, 5) is 24.6. The van der Waals surface area contributed by atoms with E-state index in [4.69, 9.17) is 4.74 Å². The third-order valence-electron chi connectivity index (χ3n) is 4.13. The number of fused-ring (bicyclic) bond motifs is 3. The fourth-order valence-electron chi connectivity index (χ4n) is 2.89. The summed E-state index contributed by atoms with van der Waals surface area (Å²) in [5.41, 5.74) is 2.63. The first kappa shape index (κ1) is 17.2. The van der Waals surface area contributed by atoms with E-state index in [-0.39, 0.29) is 5.16 Å². The van der Waals surface area contributed by atoms with Gasteiger partial charge >= 0.3 is 5.97 Å². The second-order valence-electron chi connectivity index (χ2n) is 5.70. The van der Waals surface area contributed by atoms with Gasteiger partial charge < -0.3 is 9.29 Å². The summed E-state index contributed by atoms with van der Waals surface area (Å²) >= 11 is -2.56. The van der Waals surface area contributed by atoms with Crippen LogP contribution >= 0.6 is 0 Å². The lowest BCUT2D eigenvalue weighted by molar-refractivity contribution is 0.0601. The van der Waals surface area contributed by atoms with Crippen molar-refractivity contribution in [3.05, 3.63) is 60.3 Å². The molecule has 0 aliphatic rings. The van der Waals surface area contributed by atoms with Crippen LogP contribution in [0.25, 0.3) is 33.1 Å². The highest BCUT2D eigenvalue weighted by molar-refractivity contribution is 7.79. The molecule has 0 N–H and O–H groups in total. The Morgan fingerprint density at radius 2 is 1.85 bits per heavy atom. The Bertz CT molecular complexity index is 1210. The number of nitrogens with zero attached hydrogens (tertiary/aromatic N) is 3. The monoisotopic (exact) mass is 378 g/mol. The smallest absolute Gasteiger partial charge is 0.337 e. The van der Waals surface area contributed by atoms with Gasteiger partial charge in [0.15, 0.2) is 0 Å². The minimum Gasteiger partial charge on any atom is -0.766 e. The highest BCUT2D eigenvalue weighted by Gasteiger charge is 2.15. The zero-order chi connectivity index (χ0) is 19.0. The van der Waals surface area contributed by atoms with E-state index in [0.29, 0.717) is 33.1 Å². The summed E-state index contributed by atoms with van der Waals surface area (Å²) in [5.74, 6) is -0.464. The van der Waals surface area contributed by atoms with Crippen LogP contribution in [0.1, 0.15) is 10.4 Å². The molecule has 2 aromatic heterocycles. The van der Waals surface area contributed by atoms with Gasteiger partial charge in [-0.1, -0.05) is 36.4 Å². The van der Waals surface area contributed by atoms with Gasteiger partial charge in [0.25, 0.3) is 0 Å². The van der Waals surface area contributed by atoms with Gasteiger partial charge in [-0.05, 0) is 12.1 Å². The van der Waals surface area contributed by atoms with Crippen molar-refractivity contribution in [2.24, 2.45) is 0 Å². The predicted molar refractivity (Wildman–Crippen MR) is 98.8 cm³/mol. The number of methoxy groups -OCH3 is 1. The van der Waals surface area contributed by atoms with E-state index in [1.807, 2.05) is 30.3 Å². The molecule has 1 atom stereocenters. The minimum absolute atomic E-state index is 0.299. The Labute approximate surface area is 156 Å². The lowest BCUT2D eigenvalue weighted by Crippen LogP contribution is -2.03. The first-order valence-electron chi connectivity index (χ1n) is 7.92. The van der Waals surface area contributed by atoms with E-state index < -0.39 is 17.0 Å². The van der Waals surface area contributed by atoms with Crippen molar-refractivity contribution in [2.45, 2.75) is 5.16 Å². The number of carbonyl (C=O) groups is 1. The Morgan fingerprint density at radius 1 is 1.07 bits per heavy atom. The molecule has 134 valence electrons. The standard InChI is InChI=1S/C19H13N3O4S/c1-26-18(23)12-7-8-13-14-10-20-19(27(24)25)22-17(14)16(21-15(13)9-12)11-5-3-2-4-6-11/h2-10H,1H3,(H,24,25)/p-1. The van der Waals surface area contributed by atoms with Crippen molar-refractivity contribution in [1.29, 1.82) is 0 Å². The molecule has 27 heavy (non-hydrogen) atoms. The van der Waals surface area contributed by atoms with Crippen molar-refractivity contribution in [2.75, 3.05) is 7.11 Å². The molecule has 1 unspecified atom stereocenters. The Balaban J connectivity index is 2.10. The first-order chi connectivity index (χ1) is 13.1. The van der Waals surface area contributed by atoms with Gasteiger partial charge in [0.1, 0.15) is 5.52 Å². The van der Waals surface area contributed by atoms with Crippen molar-refractivity contribution in [3.8, 4) is 11.3 Å². The molecule has 0 spiro atoms. The number of benzene rings is 2. The minimum atomic E-state index is -2.56. The van der Waals surface area contributed by atoms with Gasteiger partial charge in [-0.2, -0.15) is 0 Å². The van der Waals surface area contributed by atoms with Crippen LogP contribution in [0, 0.1) is 0 Å². The second-order valence-corrected chi connectivity index (χ2v) is 6.53. The molecule has 0 saturated carbocycles. The quantitative estimate of drug-likeness (QED) is 0.234. The van der Waals surface area contributed by atoms with E-state index in [1.54, 1.807) is 18.2 Å². The van der Waals surface area contributed by atoms with E-state index in [1.165, 1.54) is 13.3 Å². The molecule has 0 bridgehead atoms. The zero-order valence-electron chi connectivity index (χ0n) is 14.1. The largest absolute Gasteiger partial charge is 0.766 e. The molecule has 0 aliphatic carbocycles. The summed E-state index contributed by atoms with van der Waals surface area (Å²) in [6, 6.07) is 14.3. The van der Waals surface area contributed by atoms with Crippen molar-refractivity contribution < 1.29 is 18.3 Å². The predicted octanol–water partition coefficient (Wildman–Crippen LogP) is 2.87. The van der Waals surface area contributed by atoms with E-state index in [9.17, 15) is 13.6 Å².